The lowest BCUT2D eigenvalue weighted by molar-refractivity contribution is 0.701. The van der Waals surface area contributed by atoms with Crippen LogP contribution in [0.3, 0.4) is 0 Å². The van der Waals surface area contributed by atoms with Crippen LogP contribution < -0.4 is 10.6 Å². The van der Waals surface area contributed by atoms with Crippen molar-refractivity contribution in [2.45, 2.75) is 52.5 Å². The summed E-state index contributed by atoms with van der Waals surface area (Å²) in [6, 6.07) is 0. The topological polar surface area (TPSA) is 42.2 Å². The third-order valence-electron chi connectivity index (χ3n) is 3.39. The Labute approximate surface area is 114 Å². The molecule has 1 aromatic heterocycles. The lowest BCUT2D eigenvalue weighted by Crippen LogP contribution is -2.26. The summed E-state index contributed by atoms with van der Waals surface area (Å²) < 4.78 is 0. The smallest absolute Gasteiger partial charge is 0.185 e. The van der Waals surface area contributed by atoms with Crippen LogP contribution in [0.1, 0.15) is 56.5 Å². The molecular formula is C14H25N3S. The first-order valence-corrected chi connectivity index (χ1v) is 7.92. The van der Waals surface area contributed by atoms with Crippen LogP contribution in [0.15, 0.2) is 0 Å². The van der Waals surface area contributed by atoms with E-state index in [1.54, 1.807) is 11.3 Å². The molecule has 0 aliphatic heterocycles. The maximum atomic E-state index is 5.84. The van der Waals surface area contributed by atoms with Gasteiger partial charge in [0.05, 0.1) is 5.69 Å². The van der Waals surface area contributed by atoms with Crippen molar-refractivity contribution in [3.63, 3.8) is 0 Å². The average Bonchev–Trinajstić information content (AvgIpc) is 3.05. The minimum absolute atomic E-state index is 0.470. The number of hydrogen-bond acceptors (Lipinski definition) is 4. The molecule has 0 bridgehead atoms. The van der Waals surface area contributed by atoms with Gasteiger partial charge in [-0.3, -0.25) is 0 Å². The van der Waals surface area contributed by atoms with E-state index in [4.69, 9.17) is 10.7 Å². The molecule has 0 spiro atoms. The van der Waals surface area contributed by atoms with Gasteiger partial charge in [-0.2, -0.15) is 0 Å². The normalized spacial score (nSPS) is 15.4. The summed E-state index contributed by atoms with van der Waals surface area (Å²) in [6.07, 6.45) is 3.97. The molecule has 4 heteroatoms. The van der Waals surface area contributed by atoms with Crippen molar-refractivity contribution in [2.75, 3.05) is 18.0 Å². The number of aromatic nitrogens is 1. The molecule has 1 aliphatic rings. The van der Waals surface area contributed by atoms with Crippen LogP contribution in [0.25, 0.3) is 0 Å². The third kappa shape index (κ3) is 3.23. The number of rotatable bonds is 7. The van der Waals surface area contributed by atoms with Crippen LogP contribution >= 0.6 is 11.3 Å². The molecule has 2 rings (SSSR count). The Morgan fingerprint density at radius 1 is 1.44 bits per heavy atom. The fourth-order valence-corrected chi connectivity index (χ4v) is 3.36. The highest BCUT2D eigenvalue weighted by atomic mass is 32.1. The molecule has 1 heterocycles. The van der Waals surface area contributed by atoms with E-state index in [2.05, 4.69) is 25.7 Å². The molecular weight excluding hydrogens is 242 g/mol. The summed E-state index contributed by atoms with van der Waals surface area (Å²) in [5.74, 6) is 1.38. The van der Waals surface area contributed by atoms with E-state index in [1.165, 1.54) is 41.5 Å². The molecule has 0 saturated heterocycles. The summed E-state index contributed by atoms with van der Waals surface area (Å²) in [4.78, 5) is 8.57. The quantitative estimate of drug-likeness (QED) is 0.823. The Bertz CT molecular complexity index is 382. The van der Waals surface area contributed by atoms with Gasteiger partial charge in [-0.15, -0.1) is 11.3 Å². The van der Waals surface area contributed by atoms with E-state index in [0.29, 0.717) is 12.5 Å². The van der Waals surface area contributed by atoms with Gasteiger partial charge in [0.1, 0.15) is 0 Å². The Kier molecular flexibility index (Phi) is 4.62. The Balaban J connectivity index is 2.17. The number of nitrogens with zero attached hydrogens (tertiary/aromatic N) is 2. The molecule has 0 unspecified atom stereocenters. The van der Waals surface area contributed by atoms with Gasteiger partial charge in [-0.25, -0.2) is 4.98 Å². The second-order valence-electron chi connectivity index (χ2n) is 5.55. The van der Waals surface area contributed by atoms with Gasteiger partial charge in [0.25, 0.3) is 0 Å². The van der Waals surface area contributed by atoms with Gasteiger partial charge in [0, 0.05) is 24.5 Å². The van der Waals surface area contributed by atoms with E-state index in [1.807, 2.05) is 0 Å². The fraction of sp³-hybridized carbons (Fsp3) is 0.786. The number of anilines is 1. The second-order valence-corrected chi connectivity index (χ2v) is 6.62. The molecule has 1 fully saturated rings. The van der Waals surface area contributed by atoms with Gasteiger partial charge >= 0.3 is 0 Å². The standard InChI is InChI=1S/C14H25N3S/c1-4-7-17(9-11-5-6-11)14-16-13(10(2)3)12(8-15)18-14/h10-11H,4-9,15H2,1-3H3. The number of hydrogen-bond donors (Lipinski definition) is 1. The molecule has 1 saturated carbocycles. The van der Waals surface area contributed by atoms with E-state index in [-0.39, 0.29) is 0 Å². The first kappa shape index (κ1) is 13.8. The van der Waals surface area contributed by atoms with Gasteiger partial charge in [-0.05, 0) is 31.1 Å². The molecule has 102 valence electrons. The largest absolute Gasteiger partial charge is 0.348 e. The molecule has 2 N–H and O–H groups in total. The van der Waals surface area contributed by atoms with Crippen molar-refractivity contribution in [2.24, 2.45) is 11.7 Å². The van der Waals surface area contributed by atoms with Crippen LogP contribution in [-0.2, 0) is 6.54 Å². The minimum Gasteiger partial charge on any atom is -0.348 e. The molecule has 3 nitrogen and oxygen atoms in total. The monoisotopic (exact) mass is 267 g/mol. The van der Waals surface area contributed by atoms with Gasteiger partial charge < -0.3 is 10.6 Å². The van der Waals surface area contributed by atoms with Crippen molar-refractivity contribution in [1.82, 2.24) is 4.98 Å². The maximum absolute atomic E-state index is 5.84. The summed E-state index contributed by atoms with van der Waals surface area (Å²) >= 11 is 1.80. The highest BCUT2D eigenvalue weighted by Crippen LogP contribution is 2.35. The molecule has 0 radical (unpaired) electrons. The molecule has 0 amide bonds. The van der Waals surface area contributed by atoms with Crippen molar-refractivity contribution >= 4 is 16.5 Å². The van der Waals surface area contributed by atoms with Crippen molar-refractivity contribution in [3.8, 4) is 0 Å². The third-order valence-corrected chi connectivity index (χ3v) is 4.54. The fourth-order valence-electron chi connectivity index (χ4n) is 2.23. The molecule has 18 heavy (non-hydrogen) atoms. The highest BCUT2D eigenvalue weighted by molar-refractivity contribution is 7.15. The van der Waals surface area contributed by atoms with E-state index < -0.39 is 0 Å². The number of thiazole rings is 1. The van der Waals surface area contributed by atoms with Crippen LogP contribution in [0.5, 0.6) is 0 Å². The minimum atomic E-state index is 0.470. The van der Waals surface area contributed by atoms with Crippen LogP contribution in [-0.4, -0.2) is 18.1 Å². The average molecular weight is 267 g/mol. The zero-order valence-corrected chi connectivity index (χ0v) is 12.6. The van der Waals surface area contributed by atoms with E-state index >= 15 is 0 Å². The van der Waals surface area contributed by atoms with E-state index in [0.717, 1.165) is 12.5 Å². The first-order valence-electron chi connectivity index (χ1n) is 7.10. The van der Waals surface area contributed by atoms with Gasteiger partial charge in [0.2, 0.25) is 0 Å². The van der Waals surface area contributed by atoms with Crippen LogP contribution in [0.2, 0.25) is 0 Å². The van der Waals surface area contributed by atoms with Crippen LogP contribution in [0, 0.1) is 5.92 Å². The molecule has 0 aromatic carbocycles. The Hall–Kier alpha value is -0.610. The molecule has 1 aliphatic carbocycles. The number of nitrogens with two attached hydrogens (primary N) is 1. The highest BCUT2D eigenvalue weighted by Gasteiger charge is 2.26. The predicted octanol–water partition coefficient (Wildman–Crippen LogP) is 3.35. The van der Waals surface area contributed by atoms with Crippen LogP contribution in [0.4, 0.5) is 5.13 Å². The zero-order valence-electron chi connectivity index (χ0n) is 11.8. The van der Waals surface area contributed by atoms with Gasteiger partial charge in [-0.1, -0.05) is 20.8 Å². The first-order chi connectivity index (χ1) is 8.65. The van der Waals surface area contributed by atoms with E-state index in [9.17, 15) is 0 Å². The summed E-state index contributed by atoms with van der Waals surface area (Å²) in [5.41, 5.74) is 7.04. The zero-order chi connectivity index (χ0) is 13.1. The summed E-state index contributed by atoms with van der Waals surface area (Å²) in [6.45, 7) is 9.55. The SMILES string of the molecule is CCCN(CC1CC1)c1nc(C(C)C)c(CN)s1. The summed E-state index contributed by atoms with van der Waals surface area (Å²) in [7, 11) is 0. The van der Waals surface area contributed by atoms with Crippen molar-refractivity contribution in [1.29, 1.82) is 0 Å². The Morgan fingerprint density at radius 3 is 2.61 bits per heavy atom. The molecule has 0 atom stereocenters. The summed E-state index contributed by atoms with van der Waals surface area (Å²) in [5, 5.41) is 1.19. The van der Waals surface area contributed by atoms with Gasteiger partial charge in [0.15, 0.2) is 5.13 Å². The second kappa shape index (κ2) is 6.02. The van der Waals surface area contributed by atoms with Crippen molar-refractivity contribution in [3.05, 3.63) is 10.6 Å². The lowest BCUT2D eigenvalue weighted by Gasteiger charge is -2.20. The van der Waals surface area contributed by atoms with Crippen molar-refractivity contribution < 1.29 is 0 Å². The predicted molar refractivity (Wildman–Crippen MR) is 79.3 cm³/mol. The Morgan fingerprint density at radius 2 is 2.17 bits per heavy atom. The maximum Gasteiger partial charge on any atom is 0.185 e. The molecule has 1 aromatic rings. The lowest BCUT2D eigenvalue weighted by atomic mass is 10.1.